The molecule has 1 saturated carbocycles. The van der Waals surface area contributed by atoms with Crippen LogP contribution in [-0.4, -0.2) is 21.3 Å². The van der Waals surface area contributed by atoms with Crippen LogP contribution < -0.4 is 5.56 Å². The number of rotatable bonds is 2. The van der Waals surface area contributed by atoms with Crippen LogP contribution in [0.25, 0.3) is 11.4 Å². The van der Waals surface area contributed by atoms with Gasteiger partial charge in [0.1, 0.15) is 0 Å². The van der Waals surface area contributed by atoms with Crippen molar-refractivity contribution in [2.45, 2.75) is 24.9 Å². The van der Waals surface area contributed by atoms with Crippen LogP contribution in [0.5, 0.6) is 0 Å². The number of pyridine rings is 1. The van der Waals surface area contributed by atoms with E-state index < -0.39 is 23.6 Å². The first-order chi connectivity index (χ1) is 9.84. The van der Waals surface area contributed by atoms with Crippen molar-refractivity contribution >= 4 is 15.9 Å². The lowest BCUT2D eigenvalue weighted by atomic mass is 9.74. The average Bonchev–Trinajstić information content (AvgIpc) is 2.77. The standard InChI is InChI=1S/C12H9BrF3N3O2/c13-7-3-8(10(20)17-4-7)9-18-11(21-19-9)5-1-6(2-5)12(14,15)16/h3-6H,1-2H2,(H,17,20). The molecule has 5 nitrogen and oxygen atoms in total. The smallest absolute Gasteiger partial charge is 0.339 e. The molecule has 0 saturated heterocycles. The van der Waals surface area contributed by atoms with Gasteiger partial charge in [0.25, 0.3) is 5.56 Å². The Morgan fingerprint density at radius 1 is 1.38 bits per heavy atom. The number of aromatic amines is 1. The number of alkyl halides is 3. The number of halogens is 4. The lowest BCUT2D eigenvalue weighted by molar-refractivity contribution is -0.198. The first-order valence-electron chi connectivity index (χ1n) is 6.13. The maximum Gasteiger partial charge on any atom is 0.391 e. The second-order valence-electron chi connectivity index (χ2n) is 4.92. The van der Waals surface area contributed by atoms with Crippen LogP contribution in [0.1, 0.15) is 24.7 Å². The Kier molecular flexibility index (Phi) is 3.39. The Morgan fingerprint density at radius 2 is 2.10 bits per heavy atom. The van der Waals surface area contributed by atoms with E-state index in [1.165, 1.54) is 12.3 Å². The van der Waals surface area contributed by atoms with Gasteiger partial charge in [0.05, 0.1) is 11.5 Å². The van der Waals surface area contributed by atoms with Crippen molar-refractivity contribution < 1.29 is 17.7 Å². The van der Waals surface area contributed by atoms with Gasteiger partial charge < -0.3 is 9.51 Å². The fourth-order valence-electron chi connectivity index (χ4n) is 2.22. The van der Waals surface area contributed by atoms with E-state index in [0.717, 1.165) is 0 Å². The van der Waals surface area contributed by atoms with E-state index in [9.17, 15) is 18.0 Å². The zero-order valence-corrected chi connectivity index (χ0v) is 12.0. The molecule has 0 spiro atoms. The second-order valence-corrected chi connectivity index (χ2v) is 5.84. The summed E-state index contributed by atoms with van der Waals surface area (Å²) in [7, 11) is 0. The van der Waals surface area contributed by atoms with Crippen LogP contribution in [-0.2, 0) is 0 Å². The topological polar surface area (TPSA) is 71.8 Å². The molecular formula is C12H9BrF3N3O2. The molecule has 0 aliphatic heterocycles. The van der Waals surface area contributed by atoms with E-state index in [4.69, 9.17) is 4.52 Å². The molecule has 0 atom stereocenters. The number of hydrogen-bond acceptors (Lipinski definition) is 4. The minimum Gasteiger partial charge on any atom is -0.339 e. The fraction of sp³-hybridized carbons (Fsp3) is 0.417. The van der Waals surface area contributed by atoms with E-state index in [2.05, 4.69) is 31.1 Å². The molecule has 2 heterocycles. The predicted octanol–water partition coefficient (Wildman–Crippen LogP) is 3.24. The molecule has 21 heavy (non-hydrogen) atoms. The molecule has 3 rings (SSSR count). The molecule has 2 aromatic rings. The van der Waals surface area contributed by atoms with Crippen LogP contribution in [0.2, 0.25) is 0 Å². The molecule has 0 bridgehead atoms. The Labute approximate surface area is 124 Å². The number of aromatic nitrogens is 3. The van der Waals surface area contributed by atoms with E-state index in [1.807, 2.05) is 0 Å². The highest BCUT2D eigenvalue weighted by Crippen LogP contribution is 2.49. The van der Waals surface area contributed by atoms with E-state index in [1.54, 1.807) is 0 Å². The summed E-state index contributed by atoms with van der Waals surface area (Å²) in [6.07, 6.45) is -2.83. The molecule has 0 unspecified atom stereocenters. The van der Waals surface area contributed by atoms with Crippen LogP contribution in [0, 0.1) is 5.92 Å². The highest BCUT2D eigenvalue weighted by atomic mass is 79.9. The van der Waals surface area contributed by atoms with Gasteiger partial charge in [0.15, 0.2) is 0 Å². The average molecular weight is 364 g/mol. The van der Waals surface area contributed by atoms with Gasteiger partial charge in [-0.2, -0.15) is 18.2 Å². The highest BCUT2D eigenvalue weighted by Gasteiger charge is 2.49. The molecule has 1 N–H and O–H groups in total. The third kappa shape index (κ3) is 2.74. The molecule has 0 aromatic carbocycles. The third-order valence-corrected chi connectivity index (χ3v) is 3.96. The summed E-state index contributed by atoms with van der Waals surface area (Å²) in [5.41, 5.74) is -0.196. The van der Waals surface area contributed by atoms with Crippen LogP contribution in [0.4, 0.5) is 13.2 Å². The van der Waals surface area contributed by atoms with Gasteiger partial charge in [0.2, 0.25) is 11.7 Å². The Bertz CT molecular complexity index is 719. The van der Waals surface area contributed by atoms with Gasteiger partial charge in [-0.1, -0.05) is 5.16 Å². The maximum atomic E-state index is 12.4. The molecular weight excluding hydrogens is 355 g/mol. The predicted molar refractivity (Wildman–Crippen MR) is 69.6 cm³/mol. The molecule has 1 aliphatic carbocycles. The minimum absolute atomic E-state index is 0.0556. The summed E-state index contributed by atoms with van der Waals surface area (Å²) < 4.78 is 42.9. The van der Waals surface area contributed by atoms with Crippen molar-refractivity contribution in [3.63, 3.8) is 0 Å². The van der Waals surface area contributed by atoms with E-state index >= 15 is 0 Å². The number of nitrogens with one attached hydrogen (secondary N) is 1. The molecule has 1 fully saturated rings. The fourth-order valence-corrected chi connectivity index (χ4v) is 2.56. The Hall–Kier alpha value is -1.64. The van der Waals surface area contributed by atoms with Crippen LogP contribution >= 0.6 is 15.9 Å². The molecule has 2 aromatic heterocycles. The molecule has 112 valence electrons. The number of hydrogen-bond donors (Lipinski definition) is 1. The first kappa shape index (κ1) is 14.3. The van der Waals surface area contributed by atoms with Gasteiger partial charge in [-0.3, -0.25) is 4.79 Å². The summed E-state index contributed by atoms with van der Waals surface area (Å²) in [5.74, 6) is -1.50. The number of H-pyrrole nitrogens is 1. The minimum atomic E-state index is -4.18. The van der Waals surface area contributed by atoms with Crippen molar-refractivity contribution in [2.75, 3.05) is 0 Å². The van der Waals surface area contributed by atoms with Gasteiger partial charge in [0, 0.05) is 16.6 Å². The second kappa shape index (κ2) is 4.97. The van der Waals surface area contributed by atoms with Gasteiger partial charge in [-0.05, 0) is 34.8 Å². The van der Waals surface area contributed by atoms with Crippen molar-refractivity contribution in [3.05, 3.63) is 33.0 Å². The van der Waals surface area contributed by atoms with Gasteiger partial charge in [-0.15, -0.1) is 0 Å². The van der Waals surface area contributed by atoms with Gasteiger partial charge >= 0.3 is 6.18 Å². The Morgan fingerprint density at radius 3 is 2.76 bits per heavy atom. The highest BCUT2D eigenvalue weighted by molar-refractivity contribution is 9.10. The lowest BCUT2D eigenvalue weighted by Crippen LogP contribution is -2.34. The summed E-state index contributed by atoms with van der Waals surface area (Å²) in [5, 5.41) is 3.67. The first-order valence-corrected chi connectivity index (χ1v) is 6.93. The van der Waals surface area contributed by atoms with Crippen LogP contribution in [0.3, 0.4) is 0 Å². The summed E-state index contributed by atoms with van der Waals surface area (Å²) in [6, 6.07) is 1.52. The quantitative estimate of drug-likeness (QED) is 0.888. The monoisotopic (exact) mass is 363 g/mol. The van der Waals surface area contributed by atoms with Crippen molar-refractivity contribution in [2.24, 2.45) is 5.92 Å². The summed E-state index contributed by atoms with van der Waals surface area (Å²) in [4.78, 5) is 18.2. The zero-order valence-electron chi connectivity index (χ0n) is 10.4. The van der Waals surface area contributed by atoms with E-state index in [0.29, 0.717) is 4.47 Å². The summed E-state index contributed by atoms with van der Waals surface area (Å²) >= 11 is 3.20. The Balaban J connectivity index is 1.79. The molecule has 1 aliphatic rings. The largest absolute Gasteiger partial charge is 0.391 e. The van der Waals surface area contributed by atoms with Gasteiger partial charge in [-0.25, -0.2) is 0 Å². The summed E-state index contributed by atoms with van der Waals surface area (Å²) in [6.45, 7) is 0. The SMILES string of the molecule is O=c1[nH]cc(Br)cc1-c1noc(C2CC(C(F)(F)F)C2)n1. The number of nitrogens with zero attached hydrogens (tertiary/aromatic N) is 2. The lowest BCUT2D eigenvalue weighted by Gasteiger charge is -2.33. The zero-order chi connectivity index (χ0) is 15.2. The third-order valence-electron chi connectivity index (χ3n) is 3.50. The van der Waals surface area contributed by atoms with Crippen LogP contribution in [0.15, 0.2) is 26.1 Å². The molecule has 0 amide bonds. The molecule has 9 heteroatoms. The normalized spacial score (nSPS) is 22.1. The van der Waals surface area contributed by atoms with Crippen molar-refractivity contribution in [1.82, 2.24) is 15.1 Å². The van der Waals surface area contributed by atoms with Crippen molar-refractivity contribution in [3.8, 4) is 11.4 Å². The van der Waals surface area contributed by atoms with E-state index in [-0.39, 0.29) is 30.1 Å². The maximum absolute atomic E-state index is 12.4. The molecule has 0 radical (unpaired) electrons. The van der Waals surface area contributed by atoms with Crippen molar-refractivity contribution in [1.29, 1.82) is 0 Å².